The van der Waals surface area contributed by atoms with E-state index < -0.39 is 0 Å². The molecule has 4 heteroatoms. The molecule has 3 aromatic carbocycles. The van der Waals surface area contributed by atoms with Gasteiger partial charge in [-0.05, 0) is 61.2 Å². The fraction of sp³-hybridized carbons (Fsp3) is 0.200. The van der Waals surface area contributed by atoms with Crippen LogP contribution in [0.25, 0.3) is 0 Å². The smallest absolute Gasteiger partial charge is 0.258 e. The summed E-state index contributed by atoms with van der Waals surface area (Å²) in [6, 6.07) is 21.3. The van der Waals surface area contributed by atoms with E-state index in [1.54, 1.807) is 0 Å². The number of hydrogen-bond acceptors (Lipinski definition) is 2. The van der Waals surface area contributed by atoms with E-state index in [1.807, 2.05) is 79.4 Å². The van der Waals surface area contributed by atoms with Gasteiger partial charge < -0.3 is 10.2 Å². The Morgan fingerprint density at radius 1 is 0.966 bits per heavy atom. The summed E-state index contributed by atoms with van der Waals surface area (Å²) >= 11 is 0. The predicted octanol–water partition coefficient (Wildman–Crippen LogP) is 4.44. The second-order valence-electron chi connectivity index (χ2n) is 7.53. The van der Waals surface area contributed by atoms with Gasteiger partial charge in [0.1, 0.15) is 0 Å². The Morgan fingerprint density at radius 3 is 2.48 bits per heavy atom. The van der Waals surface area contributed by atoms with Crippen LogP contribution in [-0.4, -0.2) is 18.4 Å². The lowest BCUT2D eigenvalue weighted by Crippen LogP contribution is -2.29. The van der Waals surface area contributed by atoms with Crippen LogP contribution in [-0.2, 0) is 13.0 Å². The quantitative estimate of drug-likeness (QED) is 0.723. The van der Waals surface area contributed by atoms with Crippen LogP contribution in [0.5, 0.6) is 0 Å². The third-order valence-electron chi connectivity index (χ3n) is 5.43. The minimum atomic E-state index is -0.0869. The summed E-state index contributed by atoms with van der Waals surface area (Å²) in [6.07, 6.45) is 0.850. The number of hydrogen-bond donors (Lipinski definition) is 1. The largest absolute Gasteiger partial charge is 0.348 e. The van der Waals surface area contributed by atoms with Crippen molar-refractivity contribution in [3.63, 3.8) is 0 Å². The molecular weight excluding hydrogens is 360 g/mol. The number of nitrogens with zero attached hydrogens (tertiary/aromatic N) is 1. The van der Waals surface area contributed by atoms with Gasteiger partial charge in [-0.25, -0.2) is 0 Å². The number of benzene rings is 3. The van der Waals surface area contributed by atoms with E-state index in [9.17, 15) is 9.59 Å². The molecule has 0 aromatic heterocycles. The minimum Gasteiger partial charge on any atom is -0.348 e. The van der Waals surface area contributed by atoms with Crippen molar-refractivity contribution in [1.29, 1.82) is 0 Å². The first-order valence-corrected chi connectivity index (χ1v) is 9.87. The zero-order chi connectivity index (χ0) is 20.4. The molecule has 0 atom stereocenters. The number of nitrogens with one attached hydrogen (secondary N) is 1. The number of aryl methyl sites for hydroxylation is 2. The van der Waals surface area contributed by atoms with Gasteiger partial charge in [-0.3, -0.25) is 9.59 Å². The van der Waals surface area contributed by atoms with E-state index in [-0.39, 0.29) is 11.8 Å². The van der Waals surface area contributed by atoms with Crippen molar-refractivity contribution in [2.75, 3.05) is 11.4 Å². The van der Waals surface area contributed by atoms with Crippen LogP contribution in [0.1, 0.15) is 43.0 Å². The average molecular weight is 384 g/mol. The fourth-order valence-electron chi connectivity index (χ4n) is 3.70. The molecule has 0 spiro atoms. The van der Waals surface area contributed by atoms with Crippen LogP contribution in [0.15, 0.2) is 66.7 Å². The van der Waals surface area contributed by atoms with Crippen LogP contribution in [0, 0.1) is 13.8 Å². The van der Waals surface area contributed by atoms with Crippen molar-refractivity contribution in [2.24, 2.45) is 0 Å². The molecule has 0 saturated carbocycles. The monoisotopic (exact) mass is 384 g/mol. The third-order valence-corrected chi connectivity index (χ3v) is 5.43. The van der Waals surface area contributed by atoms with Crippen LogP contribution in [0.3, 0.4) is 0 Å². The lowest BCUT2D eigenvalue weighted by molar-refractivity contribution is 0.0948. The minimum absolute atomic E-state index is 0.0184. The molecule has 29 heavy (non-hydrogen) atoms. The number of amides is 2. The van der Waals surface area contributed by atoms with Gasteiger partial charge in [-0.1, -0.05) is 48.0 Å². The highest BCUT2D eigenvalue weighted by atomic mass is 16.2. The highest BCUT2D eigenvalue weighted by Gasteiger charge is 2.25. The molecule has 1 N–H and O–H groups in total. The van der Waals surface area contributed by atoms with Crippen LogP contribution in [0.2, 0.25) is 0 Å². The molecule has 2 amide bonds. The van der Waals surface area contributed by atoms with Gasteiger partial charge in [-0.15, -0.1) is 0 Å². The SMILES string of the molecule is Cc1ccc(C(=O)N2CCc3ccc(CNC(=O)c4ccccc4C)cc32)cc1. The molecule has 3 aromatic rings. The standard InChI is InChI=1S/C25H24N2O2/c1-17-7-10-21(11-8-17)25(29)27-14-13-20-12-9-19(15-23(20)27)16-26-24(28)22-6-4-3-5-18(22)2/h3-12,15H,13-14,16H2,1-2H3,(H,26,28). The van der Waals surface area contributed by atoms with Crippen LogP contribution in [0.4, 0.5) is 5.69 Å². The van der Waals surface area contributed by atoms with Crippen molar-refractivity contribution in [2.45, 2.75) is 26.8 Å². The maximum Gasteiger partial charge on any atom is 0.258 e. The molecule has 0 radical (unpaired) electrons. The predicted molar refractivity (Wildman–Crippen MR) is 115 cm³/mol. The molecule has 146 valence electrons. The van der Waals surface area contributed by atoms with Gasteiger partial charge >= 0.3 is 0 Å². The van der Waals surface area contributed by atoms with E-state index >= 15 is 0 Å². The molecule has 1 heterocycles. The Labute approximate surface area is 171 Å². The lowest BCUT2D eigenvalue weighted by Gasteiger charge is -2.18. The van der Waals surface area contributed by atoms with Gasteiger partial charge in [0.25, 0.3) is 11.8 Å². The fourth-order valence-corrected chi connectivity index (χ4v) is 3.70. The van der Waals surface area contributed by atoms with E-state index in [1.165, 1.54) is 5.56 Å². The molecule has 4 nitrogen and oxygen atoms in total. The van der Waals surface area contributed by atoms with Gasteiger partial charge in [0.05, 0.1) is 0 Å². The number of carbonyl (C=O) groups is 2. The summed E-state index contributed by atoms with van der Waals surface area (Å²) in [5, 5.41) is 2.99. The summed E-state index contributed by atoms with van der Waals surface area (Å²) in [6.45, 7) is 5.05. The van der Waals surface area contributed by atoms with Crippen LogP contribution < -0.4 is 10.2 Å². The van der Waals surface area contributed by atoms with Crippen molar-refractivity contribution in [3.8, 4) is 0 Å². The summed E-state index contributed by atoms with van der Waals surface area (Å²) in [5.74, 6) is -0.0685. The maximum absolute atomic E-state index is 13.0. The van der Waals surface area contributed by atoms with Gasteiger partial charge in [-0.2, -0.15) is 0 Å². The zero-order valence-corrected chi connectivity index (χ0v) is 16.7. The topological polar surface area (TPSA) is 49.4 Å². The van der Waals surface area contributed by atoms with Crippen molar-refractivity contribution < 1.29 is 9.59 Å². The first-order valence-electron chi connectivity index (χ1n) is 9.87. The molecule has 1 aliphatic rings. The molecule has 0 bridgehead atoms. The first kappa shape index (κ1) is 18.9. The summed E-state index contributed by atoms with van der Waals surface area (Å²) < 4.78 is 0. The van der Waals surface area contributed by atoms with Crippen molar-refractivity contribution in [3.05, 3.63) is 100 Å². The molecule has 0 unspecified atom stereocenters. The number of rotatable bonds is 4. The summed E-state index contributed by atoms with van der Waals surface area (Å²) in [5.41, 5.74) is 6.56. The molecule has 4 rings (SSSR count). The van der Waals surface area contributed by atoms with E-state index in [0.29, 0.717) is 24.2 Å². The zero-order valence-electron chi connectivity index (χ0n) is 16.7. The van der Waals surface area contributed by atoms with Gasteiger partial charge in [0.15, 0.2) is 0 Å². The van der Waals surface area contributed by atoms with Gasteiger partial charge in [0, 0.05) is 29.9 Å². The molecule has 1 aliphatic heterocycles. The van der Waals surface area contributed by atoms with Gasteiger partial charge in [0.2, 0.25) is 0 Å². The molecule has 0 fully saturated rings. The van der Waals surface area contributed by atoms with Crippen LogP contribution >= 0.6 is 0 Å². The second kappa shape index (κ2) is 7.92. The van der Waals surface area contributed by atoms with E-state index in [0.717, 1.165) is 28.8 Å². The van der Waals surface area contributed by atoms with Crippen molar-refractivity contribution >= 4 is 17.5 Å². The number of fused-ring (bicyclic) bond motifs is 1. The highest BCUT2D eigenvalue weighted by molar-refractivity contribution is 6.07. The summed E-state index contributed by atoms with van der Waals surface area (Å²) in [7, 11) is 0. The average Bonchev–Trinajstić information content (AvgIpc) is 3.15. The van der Waals surface area contributed by atoms with E-state index in [4.69, 9.17) is 0 Å². The Hall–Kier alpha value is -3.40. The summed E-state index contributed by atoms with van der Waals surface area (Å²) in [4.78, 5) is 27.3. The molecular formula is C25H24N2O2. The van der Waals surface area contributed by atoms with Crippen molar-refractivity contribution in [1.82, 2.24) is 5.32 Å². The lowest BCUT2D eigenvalue weighted by atomic mass is 10.1. The normalized spacial score (nSPS) is 12.6. The molecule has 0 saturated heterocycles. The first-order chi connectivity index (χ1) is 14.0. The highest BCUT2D eigenvalue weighted by Crippen LogP contribution is 2.30. The Bertz CT molecular complexity index is 1070. The number of carbonyl (C=O) groups excluding carboxylic acids is 2. The molecule has 0 aliphatic carbocycles. The number of anilines is 1. The maximum atomic E-state index is 13.0. The second-order valence-corrected chi connectivity index (χ2v) is 7.53. The Balaban J connectivity index is 1.50. The third kappa shape index (κ3) is 3.92. The van der Waals surface area contributed by atoms with E-state index in [2.05, 4.69) is 11.4 Å². The Kier molecular flexibility index (Phi) is 5.17. The Morgan fingerprint density at radius 2 is 1.72 bits per heavy atom.